The van der Waals surface area contributed by atoms with Crippen molar-refractivity contribution in [2.75, 3.05) is 20.3 Å². The molecule has 1 N–H and O–H groups in total. The lowest BCUT2D eigenvalue weighted by Crippen LogP contribution is -2.26. The fourth-order valence-electron chi connectivity index (χ4n) is 4.39. The Morgan fingerprint density at radius 1 is 1.00 bits per heavy atom. The highest BCUT2D eigenvalue weighted by Gasteiger charge is 2.11. The first-order chi connectivity index (χ1) is 18.2. The summed E-state index contributed by atoms with van der Waals surface area (Å²) < 4.78 is 13.8. The lowest BCUT2D eigenvalue weighted by molar-refractivity contribution is -0.120. The molecule has 0 saturated carbocycles. The molecule has 6 heteroatoms. The minimum absolute atomic E-state index is 0.0472. The predicted octanol–water partition coefficient (Wildman–Crippen LogP) is 5.84. The maximum atomic E-state index is 12.3. The molecule has 0 spiro atoms. The first-order valence-electron chi connectivity index (χ1n) is 12.9. The van der Waals surface area contributed by atoms with Gasteiger partial charge in [0.05, 0.1) is 31.2 Å². The third-order valence-corrected chi connectivity index (χ3v) is 6.17. The average molecular weight is 498 g/mol. The molecule has 6 nitrogen and oxygen atoms in total. The van der Waals surface area contributed by atoms with Gasteiger partial charge in [0.25, 0.3) is 0 Å². The largest absolute Gasteiger partial charge is 0.493 e. The number of methoxy groups -OCH3 is 1. The van der Waals surface area contributed by atoms with Gasteiger partial charge in [0.2, 0.25) is 5.91 Å². The lowest BCUT2D eigenvalue weighted by Gasteiger charge is -2.13. The third kappa shape index (κ3) is 7.23. The number of benzene rings is 3. The fourth-order valence-corrected chi connectivity index (χ4v) is 4.39. The van der Waals surface area contributed by atoms with Crippen LogP contribution in [0.5, 0.6) is 11.5 Å². The van der Waals surface area contributed by atoms with E-state index in [2.05, 4.69) is 16.0 Å². The highest BCUT2D eigenvalue weighted by Crippen LogP contribution is 2.29. The van der Waals surface area contributed by atoms with Gasteiger partial charge >= 0.3 is 0 Å². The van der Waals surface area contributed by atoms with Gasteiger partial charge in [-0.2, -0.15) is 0 Å². The van der Waals surface area contributed by atoms with Crippen LogP contribution < -0.4 is 14.8 Å². The summed E-state index contributed by atoms with van der Waals surface area (Å²) in [5.41, 5.74) is 4.22. The van der Waals surface area contributed by atoms with E-state index in [4.69, 9.17) is 14.5 Å². The third-order valence-electron chi connectivity index (χ3n) is 6.17. The molecule has 192 valence electrons. The van der Waals surface area contributed by atoms with Crippen molar-refractivity contribution >= 4 is 23.0 Å². The maximum absolute atomic E-state index is 12.3. The van der Waals surface area contributed by atoms with Crippen LogP contribution in [0.3, 0.4) is 0 Å². The molecule has 0 bridgehead atoms. The zero-order chi connectivity index (χ0) is 25.9. The van der Waals surface area contributed by atoms with E-state index in [0.717, 1.165) is 65.3 Å². The highest BCUT2D eigenvalue weighted by molar-refractivity contribution is 5.78. The molecule has 1 heterocycles. The van der Waals surface area contributed by atoms with Crippen LogP contribution in [0.25, 0.3) is 17.1 Å². The molecule has 3 aromatic carbocycles. The van der Waals surface area contributed by atoms with Crippen LogP contribution >= 0.6 is 0 Å². The van der Waals surface area contributed by atoms with Crippen LogP contribution in [0.4, 0.5) is 0 Å². The van der Waals surface area contributed by atoms with Gasteiger partial charge < -0.3 is 19.4 Å². The van der Waals surface area contributed by atoms with Gasteiger partial charge in [0.1, 0.15) is 5.82 Å². The Kier molecular flexibility index (Phi) is 9.35. The van der Waals surface area contributed by atoms with Crippen molar-refractivity contribution in [1.29, 1.82) is 0 Å². The molecule has 4 rings (SSSR count). The molecule has 1 amide bonds. The zero-order valence-electron chi connectivity index (χ0n) is 21.7. The molecule has 0 aliphatic carbocycles. The molecule has 0 atom stereocenters. The number of carbonyl (C=O) groups excluding carboxylic acids is 1. The Bertz CT molecular complexity index is 1330. The lowest BCUT2D eigenvalue weighted by atomic mass is 10.1. The van der Waals surface area contributed by atoms with Gasteiger partial charge in [0, 0.05) is 19.5 Å². The maximum Gasteiger partial charge on any atom is 0.224 e. The molecular weight excluding hydrogens is 462 g/mol. The second-order valence-electron chi connectivity index (χ2n) is 8.90. The van der Waals surface area contributed by atoms with E-state index in [1.165, 1.54) is 0 Å². The van der Waals surface area contributed by atoms with Crippen molar-refractivity contribution in [2.24, 2.45) is 0 Å². The van der Waals surface area contributed by atoms with Crippen molar-refractivity contribution in [3.63, 3.8) is 0 Å². The molecule has 0 aliphatic rings. The standard InChI is InChI=1S/C31H35N3O3/c1-3-11-24-17-18-28(29(22-24)36-2)37-21-10-20-34-27-15-8-7-14-26(27)33-30(34)16-9-19-32-31(35)23-25-12-5-4-6-13-25/h3-8,11-15,17-18,22H,9-10,16,19-21,23H2,1-2H3,(H,32,35)/b11-3+. The number of aryl methyl sites for hydroxylation is 2. The molecule has 0 fully saturated rings. The van der Waals surface area contributed by atoms with Crippen molar-refractivity contribution in [1.82, 2.24) is 14.9 Å². The van der Waals surface area contributed by atoms with Gasteiger partial charge in [-0.25, -0.2) is 4.98 Å². The highest BCUT2D eigenvalue weighted by atomic mass is 16.5. The van der Waals surface area contributed by atoms with E-state index in [9.17, 15) is 4.79 Å². The summed E-state index contributed by atoms with van der Waals surface area (Å²) in [5.74, 6) is 2.56. The number of ether oxygens (including phenoxy) is 2. The van der Waals surface area contributed by atoms with E-state index < -0.39 is 0 Å². The Balaban J connectivity index is 1.31. The van der Waals surface area contributed by atoms with E-state index in [1.54, 1.807) is 7.11 Å². The van der Waals surface area contributed by atoms with Crippen molar-refractivity contribution in [2.45, 2.75) is 39.2 Å². The van der Waals surface area contributed by atoms with Crippen LogP contribution in [0, 0.1) is 0 Å². The Morgan fingerprint density at radius 3 is 2.62 bits per heavy atom. The quantitative estimate of drug-likeness (QED) is 0.236. The van der Waals surface area contributed by atoms with Crippen LogP contribution in [0.15, 0.2) is 78.9 Å². The summed E-state index contributed by atoms with van der Waals surface area (Å²) in [6.07, 6.45) is 6.90. The number of nitrogens with zero attached hydrogens (tertiary/aromatic N) is 2. The first kappa shape index (κ1) is 26.0. The SMILES string of the molecule is C/C=C/c1ccc(OCCCn2c(CCCNC(=O)Cc3ccccc3)nc3ccccc32)c(OC)c1. The number of para-hydroxylation sites is 2. The van der Waals surface area contributed by atoms with Crippen LogP contribution in [0.1, 0.15) is 36.7 Å². The van der Waals surface area contributed by atoms with Crippen LogP contribution in [0.2, 0.25) is 0 Å². The number of nitrogens with one attached hydrogen (secondary N) is 1. The molecule has 0 saturated heterocycles. The number of hydrogen-bond acceptors (Lipinski definition) is 4. The molecule has 37 heavy (non-hydrogen) atoms. The molecule has 0 unspecified atom stereocenters. The van der Waals surface area contributed by atoms with E-state index in [1.807, 2.05) is 85.8 Å². The number of imidazole rings is 1. The number of aromatic nitrogens is 2. The van der Waals surface area contributed by atoms with Crippen LogP contribution in [-0.2, 0) is 24.2 Å². The summed E-state index contributed by atoms with van der Waals surface area (Å²) in [4.78, 5) is 17.1. The van der Waals surface area contributed by atoms with Crippen molar-refractivity contribution in [3.8, 4) is 11.5 Å². The topological polar surface area (TPSA) is 65.4 Å². The second-order valence-corrected chi connectivity index (χ2v) is 8.90. The monoisotopic (exact) mass is 497 g/mol. The second kappa shape index (κ2) is 13.3. The van der Waals surface area contributed by atoms with Gasteiger partial charge in [-0.05, 0) is 55.2 Å². The smallest absolute Gasteiger partial charge is 0.224 e. The van der Waals surface area contributed by atoms with Crippen molar-refractivity contribution in [3.05, 3.63) is 95.8 Å². The number of amides is 1. The molecule has 4 aromatic rings. The summed E-state index contributed by atoms with van der Waals surface area (Å²) in [5, 5.41) is 3.04. The van der Waals surface area contributed by atoms with E-state index in [0.29, 0.717) is 19.6 Å². The molecule has 0 radical (unpaired) electrons. The average Bonchev–Trinajstić information content (AvgIpc) is 3.27. The van der Waals surface area contributed by atoms with Crippen LogP contribution in [-0.4, -0.2) is 35.7 Å². The number of allylic oxidation sites excluding steroid dienone is 1. The fraction of sp³-hybridized carbons (Fsp3) is 0.290. The minimum Gasteiger partial charge on any atom is -0.493 e. The normalized spacial score (nSPS) is 11.2. The minimum atomic E-state index is 0.0472. The van der Waals surface area contributed by atoms with Gasteiger partial charge in [-0.3, -0.25) is 4.79 Å². The number of rotatable bonds is 13. The first-order valence-corrected chi connectivity index (χ1v) is 12.9. The number of carbonyl (C=O) groups is 1. The van der Waals surface area contributed by atoms with Crippen molar-refractivity contribution < 1.29 is 14.3 Å². The predicted molar refractivity (Wildman–Crippen MR) is 149 cm³/mol. The Hall–Kier alpha value is -4.06. The molecule has 1 aromatic heterocycles. The van der Waals surface area contributed by atoms with E-state index in [-0.39, 0.29) is 5.91 Å². The summed E-state index contributed by atoms with van der Waals surface area (Å²) in [6.45, 7) is 3.99. The number of fused-ring (bicyclic) bond motifs is 1. The molecular formula is C31H35N3O3. The summed E-state index contributed by atoms with van der Waals surface area (Å²) in [6, 6.07) is 24.0. The van der Waals surface area contributed by atoms with Gasteiger partial charge in [-0.1, -0.05) is 60.7 Å². The van der Waals surface area contributed by atoms with E-state index >= 15 is 0 Å². The summed E-state index contributed by atoms with van der Waals surface area (Å²) >= 11 is 0. The summed E-state index contributed by atoms with van der Waals surface area (Å²) in [7, 11) is 1.66. The zero-order valence-corrected chi connectivity index (χ0v) is 21.7. The Labute approximate surface area is 218 Å². The Morgan fingerprint density at radius 2 is 1.81 bits per heavy atom. The van der Waals surface area contributed by atoms with Gasteiger partial charge in [0.15, 0.2) is 11.5 Å². The molecule has 0 aliphatic heterocycles. The van der Waals surface area contributed by atoms with Gasteiger partial charge in [-0.15, -0.1) is 0 Å². The number of hydrogen-bond donors (Lipinski definition) is 1.